The van der Waals surface area contributed by atoms with Crippen molar-refractivity contribution in [1.29, 1.82) is 0 Å². The van der Waals surface area contributed by atoms with Gasteiger partial charge in [-0.15, -0.1) is 0 Å². The van der Waals surface area contributed by atoms with E-state index in [-0.39, 0.29) is 12.5 Å². The molecule has 0 aliphatic carbocycles. The molecule has 0 atom stereocenters. The van der Waals surface area contributed by atoms with Crippen LogP contribution in [0.2, 0.25) is 0 Å². The van der Waals surface area contributed by atoms with Crippen LogP contribution in [0.15, 0.2) is 76.3 Å². The number of rotatable bonds is 5. The summed E-state index contributed by atoms with van der Waals surface area (Å²) >= 11 is 0. The van der Waals surface area contributed by atoms with Crippen molar-refractivity contribution in [1.82, 2.24) is 13.7 Å². The van der Waals surface area contributed by atoms with E-state index in [4.69, 9.17) is 4.74 Å². The van der Waals surface area contributed by atoms with Crippen LogP contribution in [0.3, 0.4) is 0 Å². The Hall–Kier alpha value is -4.59. The van der Waals surface area contributed by atoms with Gasteiger partial charge < -0.3 is 14.6 Å². The molecule has 2 heterocycles. The second-order valence-electron chi connectivity index (χ2n) is 8.85. The maximum atomic E-state index is 13.9. The number of hydrogen-bond donors (Lipinski definition) is 1. The zero-order valence-corrected chi connectivity index (χ0v) is 20.5. The van der Waals surface area contributed by atoms with Crippen molar-refractivity contribution < 1.29 is 9.53 Å². The maximum Gasteiger partial charge on any atom is 0.336 e. The number of para-hydroxylation sites is 1. The molecule has 5 aromatic rings. The van der Waals surface area contributed by atoms with Crippen LogP contribution in [0.1, 0.15) is 11.1 Å². The standard InChI is InChI=1S/C28H26N4O4/c1-17-9-11-19(12-10-17)29-24(33)16-31-25-21-15-20(36-4)13-14-23(21)30(3)26(25)27(34)32(28(31)35)22-8-6-5-7-18(22)2/h5-15H,16H2,1-4H3,(H,29,33). The number of nitrogens with one attached hydrogen (secondary N) is 1. The lowest BCUT2D eigenvalue weighted by Gasteiger charge is -2.14. The molecule has 36 heavy (non-hydrogen) atoms. The number of anilines is 1. The van der Waals surface area contributed by atoms with Gasteiger partial charge in [-0.3, -0.25) is 14.2 Å². The molecule has 0 saturated heterocycles. The fraction of sp³-hybridized carbons (Fsp3) is 0.179. The molecule has 3 aromatic carbocycles. The van der Waals surface area contributed by atoms with Gasteiger partial charge >= 0.3 is 5.69 Å². The van der Waals surface area contributed by atoms with Crippen LogP contribution in [-0.4, -0.2) is 26.7 Å². The molecule has 0 bridgehead atoms. The van der Waals surface area contributed by atoms with E-state index in [1.54, 1.807) is 43.0 Å². The lowest BCUT2D eigenvalue weighted by atomic mass is 10.2. The summed E-state index contributed by atoms with van der Waals surface area (Å²) in [7, 11) is 3.33. The summed E-state index contributed by atoms with van der Waals surface area (Å²) in [5.74, 6) is 0.207. The van der Waals surface area contributed by atoms with Gasteiger partial charge in [-0.1, -0.05) is 35.9 Å². The van der Waals surface area contributed by atoms with E-state index in [1.807, 2.05) is 56.3 Å². The molecule has 0 aliphatic rings. The minimum Gasteiger partial charge on any atom is -0.497 e. The summed E-state index contributed by atoms with van der Waals surface area (Å²) in [5, 5.41) is 3.51. The van der Waals surface area contributed by atoms with Crippen molar-refractivity contribution in [2.24, 2.45) is 7.05 Å². The van der Waals surface area contributed by atoms with Crippen LogP contribution < -0.4 is 21.3 Å². The third-order valence-electron chi connectivity index (χ3n) is 6.47. The smallest absolute Gasteiger partial charge is 0.336 e. The number of benzene rings is 3. The van der Waals surface area contributed by atoms with Crippen molar-refractivity contribution in [3.05, 3.63) is 98.7 Å². The lowest BCUT2D eigenvalue weighted by Crippen LogP contribution is -2.41. The van der Waals surface area contributed by atoms with Crippen molar-refractivity contribution in [3.63, 3.8) is 0 Å². The zero-order chi connectivity index (χ0) is 25.6. The summed E-state index contributed by atoms with van der Waals surface area (Å²) < 4.78 is 9.67. The minimum atomic E-state index is -0.587. The third-order valence-corrected chi connectivity index (χ3v) is 6.47. The number of amides is 1. The number of hydrogen-bond acceptors (Lipinski definition) is 4. The van der Waals surface area contributed by atoms with Gasteiger partial charge in [0, 0.05) is 18.1 Å². The number of carbonyl (C=O) groups is 1. The number of carbonyl (C=O) groups excluding carboxylic acids is 1. The first-order valence-corrected chi connectivity index (χ1v) is 11.5. The first-order chi connectivity index (χ1) is 17.3. The fourth-order valence-electron chi connectivity index (χ4n) is 4.61. The summed E-state index contributed by atoms with van der Waals surface area (Å²) in [6.07, 6.45) is 0. The Morgan fingerprint density at radius 2 is 1.67 bits per heavy atom. The number of aromatic nitrogens is 3. The molecule has 0 saturated carbocycles. The van der Waals surface area contributed by atoms with E-state index in [0.29, 0.717) is 33.5 Å². The van der Waals surface area contributed by atoms with Gasteiger partial charge in [0.2, 0.25) is 5.91 Å². The Labute approximate surface area is 207 Å². The molecule has 0 unspecified atom stereocenters. The highest BCUT2D eigenvalue weighted by molar-refractivity contribution is 6.07. The molecule has 8 heteroatoms. The average molecular weight is 483 g/mol. The van der Waals surface area contributed by atoms with Crippen LogP contribution in [0.5, 0.6) is 5.75 Å². The van der Waals surface area contributed by atoms with Crippen LogP contribution in [0, 0.1) is 13.8 Å². The van der Waals surface area contributed by atoms with Crippen LogP contribution in [-0.2, 0) is 18.4 Å². The van der Waals surface area contributed by atoms with E-state index in [2.05, 4.69) is 5.32 Å². The SMILES string of the molecule is COc1ccc2c(c1)c1c(c(=O)n(-c3ccccc3C)c(=O)n1CC(=O)Nc1ccc(C)cc1)n2C. The van der Waals surface area contributed by atoms with Gasteiger partial charge in [0.15, 0.2) is 0 Å². The van der Waals surface area contributed by atoms with Gasteiger partial charge in [-0.05, 0) is 55.8 Å². The molecule has 1 amide bonds. The second-order valence-corrected chi connectivity index (χ2v) is 8.85. The number of nitrogens with zero attached hydrogens (tertiary/aromatic N) is 3. The molecular weight excluding hydrogens is 456 g/mol. The highest BCUT2D eigenvalue weighted by Crippen LogP contribution is 2.29. The third kappa shape index (κ3) is 3.76. The number of ether oxygens (including phenoxy) is 1. The highest BCUT2D eigenvalue weighted by atomic mass is 16.5. The number of aryl methyl sites for hydroxylation is 3. The van der Waals surface area contributed by atoms with E-state index in [9.17, 15) is 14.4 Å². The van der Waals surface area contributed by atoms with Gasteiger partial charge in [-0.25, -0.2) is 9.36 Å². The Balaban J connectivity index is 1.80. The molecule has 0 aliphatic heterocycles. The molecular formula is C28H26N4O4. The van der Waals surface area contributed by atoms with Crippen molar-refractivity contribution in [2.45, 2.75) is 20.4 Å². The van der Waals surface area contributed by atoms with Crippen molar-refractivity contribution in [3.8, 4) is 11.4 Å². The predicted molar refractivity (Wildman–Crippen MR) is 141 cm³/mol. The number of fused-ring (bicyclic) bond motifs is 3. The van der Waals surface area contributed by atoms with E-state index < -0.39 is 11.2 Å². The topological polar surface area (TPSA) is 87.3 Å². The largest absolute Gasteiger partial charge is 0.497 e. The van der Waals surface area contributed by atoms with Crippen LogP contribution in [0.4, 0.5) is 5.69 Å². The molecule has 0 fully saturated rings. The highest BCUT2D eigenvalue weighted by Gasteiger charge is 2.23. The first-order valence-electron chi connectivity index (χ1n) is 11.5. The monoisotopic (exact) mass is 482 g/mol. The molecule has 0 spiro atoms. The lowest BCUT2D eigenvalue weighted by molar-refractivity contribution is -0.116. The molecule has 182 valence electrons. The molecule has 8 nitrogen and oxygen atoms in total. The normalized spacial score (nSPS) is 11.2. The van der Waals surface area contributed by atoms with Crippen LogP contribution in [0.25, 0.3) is 27.6 Å². The average Bonchev–Trinajstić information content (AvgIpc) is 3.16. The quantitative estimate of drug-likeness (QED) is 0.412. The Morgan fingerprint density at radius 1 is 0.944 bits per heavy atom. The Bertz CT molecular complexity index is 1760. The van der Waals surface area contributed by atoms with Crippen molar-refractivity contribution in [2.75, 3.05) is 12.4 Å². The molecule has 1 N–H and O–H groups in total. The number of methoxy groups -OCH3 is 1. The summed E-state index contributed by atoms with van der Waals surface area (Å²) in [5.41, 5.74) is 3.38. The van der Waals surface area contributed by atoms with Gasteiger partial charge in [0.25, 0.3) is 5.56 Å². The Morgan fingerprint density at radius 3 is 2.36 bits per heavy atom. The zero-order valence-electron chi connectivity index (χ0n) is 20.5. The summed E-state index contributed by atoms with van der Waals surface area (Å²) in [6, 6.07) is 20.0. The van der Waals surface area contributed by atoms with Gasteiger partial charge in [0.05, 0.1) is 23.8 Å². The van der Waals surface area contributed by atoms with Gasteiger partial charge in [0.1, 0.15) is 17.8 Å². The van der Waals surface area contributed by atoms with E-state index in [1.165, 1.54) is 4.57 Å². The van der Waals surface area contributed by atoms with Crippen LogP contribution >= 0.6 is 0 Å². The Kier molecular flexibility index (Phi) is 5.72. The maximum absolute atomic E-state index is 13.9. The summed E-state index contributed by atoms with van der Waals surface area (Å²) in [6.45, 7) is 3.53. The minimum absolute atomic E-state index is 0.272. The van der Waals surface area contributed by atoms with Crippen molar-refractivity contribution >= 4 is 33.5 Å². The molecule has 0 radical (unpaired) electrons. The summed E-state index contributed by atoms with van der Waals surface area (Å²) in [4.78, 5) is 40.8. The molecule has 5 rings (SSSR count). The fourth-order valence-corrected chi connectivity index (χ4v) is 4.61. The molecule has 2 aromatic heterocycles. The van der Waals surface area contributed by atoms with E-state index >= 15 is 0 Å². The van der Waals surface area contributed by atoms with E-state index in [0.717, 1.165) is 21.2 Å². The second kappa shape index (κ2) is 8.88. The first kappa shape index (κ1) is 23.2. The van der Waals surface area contributed by atoms with Gasteiger partial charge in [-0.2, -0.15) is 0 Å². The predicted octanol–water partition coefficient (Wildman–Crippen LogP) is 3.91.